The Kier molecular flexibility index (Phi) is 6.86. The third kappa shape index (κ3) is 3.88. The Labute approximate surface area is 202 Å². The maximum absolute atomic E-state index is 13.3. The fourth-order valence-corrected chi connectivity index (χ4v) is 8.09. The van der Waals surface area contributed by atoms with Gasteiger partial charge in [-0.15, -0.1) is 0 Å². The van der Waals surface area contributed by atoms with Crippen LogP contribution in [0.3, 0.4) is 0 Å². The van der Waals surface area contributed by atoms with E-state index in [1.807, 2.05) is 25.7 Å². The minimum atomic E-state index is -1.61. The maximum Gasteiger partial charge on any atom is 0.320 e. The van der Waals surface area contributed by atoms with E-state index < -0.39 is 35.5 Å². The summed E-state index contributed by atoms with van der Waals surface area (Å²) in [5, 5.41) is 23.2. The van der Waals surface area contributed by atoms with Gasteiger partial charge in [0.25, 0.3) is 0 Å². The molecular weight excluding hydrogens is 434 g/mol. The minimum absolute atomic E-state index is 0.0306. The smallest absolute Gasteiger partial charge is 0.320 e. The molecule has 34 heavy (non-hydrogen) atoms. The standard InChI is InChI=1S/C27H41NO6/c1-5-28(6-2)15-23(32)34-16-22(31)27(33)12-10-20-19-8-7-17-13-18(29)9-11-25(17,3)24(19)21(30)14-26(20,27)4/h13,19-21,24,30,33H,5-12,14-16H2,1-4H3/t19-,20-,21+,24+,25-,26-,27-/m0/s1. The summed E-state index contributed by atoms with van der Waals surface area (Å²) < 4.78 is 5.28. The number of nitrogens with zero attached hydrogens (tertiary/aromatic N) is 1. The highest BCUT2D eigenvalue weighted by Gasteiger charge is 2.68. The van der Waals surface area contributed by atoms with Gasteiger partial charge in [0, 0.05) is 11.8 Å². The van der Waals surface area contributed by atoms with Crippen LogP contribution in [0.4, 0.5) is 0 Å². The first-order valence-corrected chi connectivity index (χ1v) is 13.1. The Morgan fingerprint density at radius 1 is 1.15 bits per heavy atom. The van der Waals surface area contributed by atoms with Crippen molar-refractivity contribution in [3.05, 3.63) is 11.6 Å². The van der Waals surface area contributed by atoms with E-state index in [9.17, 15) is 24.6 Å². The van der Waals surface area contributed by atoms with E-state index in [1.54, 1.807) is 6.08 Å². The molecule has 0 spiro atoms. The average molecular weight is 476 g/mol. The second-order valence-corrected chi connectivity index (χ2v) is 11.5. The predicted molar refractivity (Wildman–Crippen MR) is 127 cm³/mol. The number of aliphatic hydroxyl groups excluding tert-OH is 1. The molecular formula is C27H41NO6. The van der Waals surface area contributed by atoms with E-state index in [2.05, 4.69) is 6.92 Å². The highest BCUT2D eigenvalue weighted by Crippen LogP contribution is 2.67. The van der Waals surface area contributed by atoms with Crippen molar-refractivity contribution in [3.63, 3.8) is 0 Å². The van der Waals surface area contributed by atoms with Crippen LogP contribution >= 0.6 is 0 Å². The molecule has 3 saturated carbocycles. The topological polar surface area (TPSA) is 104 Å². The van der Waals surface area contributed by atoms with Gasteiger partial charge in [0.05, 0.1) is 12.6 Å². The molecule has 2 N–H and O–H groups in total. The van der Waals surface area contributed by atoms with E-state index in [0.29, 0.717) is 38.8 Å². The van der Waals surface area contributed by atoms with Crippen LogP contribution < -0.4 is 0 Å². The quantitative estimate of drug-likeness (QED) is 0.546. The molecule has 0 heterocycles. The van der Waals surface area contributed by atoms with E-state index in [1.165, 1.54) is 0 Å². The van der Waals surface area contributed by atoms with Crippen LogP contribution in [0.1, 0.15) is 72.6 Å². The summed E-state index contributed by atoms with van der Waals surface area (Å²) >= 11 is 0. The van der Waals surface area contributed by atoms with E-state index in [0.717, 1.165) is 24.8 Å². The highest BCUT2D eigenvalue weighted by atomic mass is 16.5. The summed E-state index contributed by atoms with van der Waals surface area (Å²) in [5.41, 5.74) is -1.42. The molecule has 7 heteroatoms. The summed E-state index contributed by atoms with van der Waals surface area (Å²) in [6.07, 6.45) is 5.49. The zero-order valence-corrected chi connectivity index (χ0v) is 21.1. The fourth-order valence-electron chi connectivity index (χ4n) is 8.09. The van der Waals surface area contributed by atoms with Gasteiger partial charge in [-0.1, -0.05) is 33.3 Å². The monoisotopic (exact) mass is 475 g/mol. The van der Waals surface area contributed by atoms with E-state index in [4.69, 9.17) is 4.74 Å². The lowest BCUT2D eigenvalue weighted by molar-refractivity contribution is -0.184. The van der Waals surface area contributed by atoms with Crippen LogP contribution in [0.5, 0.6) is 0 Å². The number of fused-ring (bicyclic) bond motifs is 5. The Bertz CT molecular complexity index is 880. The summed E-state index contributed by atoms with van der Waals surface area (Å²) in [4.78, 5) is 39.5. The van der Waals surface area contributed by atoms with Crippen molar-refractivity contribution in [1.29, 1.82) is 0 Å². The molecule has 7 atom stereocenters. The lowest BCUT2D eigenvalue weighted by Crippen LogP contribution is -2.62. The lowest BCUT2D eigenvalue weighted by Gasteiger charge is -2.60. The Morgan fingerprint density at radius 2 is 1.85 bits per heavy atom. The molecule has 4 rings (SSSR count). The molecule has 0 aromatic carbocycles. The van der Waals surface area contributed by atoms with Crippen molar-refractivity contribution < 1.29 is 29.3 Å². The number of carbonyl (C=O) groups is 3. The Hall–Kier alpha value is -1.57. The van der Waals surface area contributed by atoms with Gasteiger partial charge in [-0.3, -0.25) is 19.3 Å². The number of rotatable bonds is 7. The SMILES string of the molecule is CCN(CC)CC(=O)OCC(=O)[C@@]1(O)CC[C@H]2[C@@H]3CCC4=CC(=O)CC[C@]4(C)[C@H]3[C@H](O)C[C@@]21C. The number of likely N-dealkylation sites (N-methyl/N-ethyl adjacent to an activating group) is 1. The fraction of sp³-hybridized carbons (Fsp3) is 0.815. The van der Waals surface area contributed by atoms with Gasteiger partial charge in [0.1, 0.15) is 5.60 Å². The first kappa shape index (κ1) is 25.5. The minimum Gasteiger partial charge on any atom is -0.457 e. The number of ketones is 2. The normalized spacial score (nSPS) is 41.4. The third-order valence-corrected chi connectivity index (χ3v) is 10.1. The average Bonchev–Trinajstić information content (AvgIpc) is 3.07. The molecule has 3 fully saturated rings. The molecule has 0 aromatic rings. The van der Waals surface area contributed by atoms with Crippen molar-refractivity contribution >= 4 is 17.5 Å². The van der Waals surface area contributed by atoms with Gasteiger partial charge < -0.3 is 14.9 Å². The third-order valence-electron chi connectivity index (χ3n) is 10.1. The summed E-state index contributed by atoms with van der Waals surface area (Å²) in [5.74, 6) is -0.411. The van der Waals surface area contributed by atoms with Crippen LogP contribution in [-0.4, -0.2) is 70.6 Å². The maximum atomic E-state index is 13.3. The Morgan fingerprint density at radius 3 is 2.53 bits per heavy atom. The zero-order valence-electron chi connectivity index (χ0n) is 21.1. The Balaban J connectivity index is 1.51. The number of Topliss-reactive ketones (excluding diaryl/α,β-unsaturated/α-hetero) is 1. The molecule has 190 valence electrons. The van der Waals surface area contributed by atoms with Gasteiger partial charge in [0.2, 0.25) is 5.78 Å². The van der Waals surface area contributed by atoms with Crippen molar-refractivity contribution in [2.45, 2.75) is 84.3 Å². The molecule has 0 bridgehead atoms. The number of ether oxygens (including phenoxy) is 1. The molecule has 0 aliphatic heterocycles. The predicted octanol–water partition coefficient (Wildman–Crippen LogP) is 2.67. The van der Waals surface area contributed by atoms with Crippen molar-refractivity contribution in [1.82, 2.24) is 4.90 Å². The van der Waals surface area contributed by atoms with Crippen molar-refractivity contribution in [3.8, 4) is 0 Å². The number of aliphatic hydroxyl groups is 2. The largest absolute Gasteiger partial charge is 0.457 e. The second kappa shape index (κ2) is 9.14. The molecule has 4 aliphatic carbocycles. The first-order chi connectivity index (χ1) is 16.0. The van der Waals surface area contributed by atoms with Crippen molar-refractivity contribution in [2.75, 3.05) is 26.2 Å². The zero-order chi connectivity index (χ0) is 24.9. The number of esters is 1. The van der Waals surface area contributed by atoms with Crippen LogP contribution in [0, 0.1) is 28.6 Å². The summed E-state index contributed by atoms with van der Waals surface area (Å²) in [6, 6.07) is 0. The summed E-state index contributed by atoms with van der Waals surface area (Å²) in [6.45, 7) is 9.17. The number of hydrogen-bond donors (Lipinski definition) is 2. The second-order valence-electron chi connectivity index (χ2n) is 11.5. The van der Waals surface area contributed by atoms with E-state index >= 15 is 0 Å². The summed E-state index contributed by atoms with van der Waals surface area (Å²) in [7, 11) is 0. The van der Waals surface area contributed by atoms with Crippen LogP contribution in [0.15, 0.2) is 11.6 Å². The van der Waals surface area contributed by atoms with Crippen LogP contribution in [0.2, 0.25) is 0 Å². The highest BCUT2D eigenvalue weighted by molar-refractivity contribution is 5.92. The van der Waals surface area contributed by atoms with E-state index in [-0.39, 0.29) is 35.5 Å². The first-order valence-electron chi connectivity index (χ1n) is 13.1. The molecule has 0 amide bonds. The number of hydrogen-bond acceptors (Lipinski definition) is 7. The van der Waals surface area contributed by atoms with Crippen molar-refractivity contribution in [2.24, 2.45) is 28.6 Å². The van der Waals surface area contributed by atoms with Gasteiger partial charge in [-0.2, -0.15) is 0 Å². The van der Waals surface area contributed by atoms with Gasteiger partial charge in [-0.25, -0.2) is 0 Å². The molecule has 0 saturated heterocycles. The molecule has 0 radical (unpaired) electrons. The van der Waals surface area contributed by atoms with Crippen LogP contribution in [-0.2, 0) is 19.1 Å². The van der Waals surface area contributed by atoms with Gasteiger partial charge in [-0.05, 0) is 80.9 Å². The molecule has 0 unspecified atom stereocenters. The number of allylic oxidation sites excluding steroid dienone is 1. The molecule has 7 nitrogen and oxygen atoms in total. The lowest BCUT2D eigenvalue weighted by atomic mass is 9.45. The van der Waals surface area contributed by atoms with Gasteiger partial charge in [0.15, 0.2) is 12.4 Å². The molecule has 0 aromatic heterocycles. The van der Waals surface area contributed by atoms with Crippen LogP contribution in [0.25, 0.3) is 0 Å². The molecule has 4 aliphatic rings. The number of carbonyl (C=O) groups excluding carboxylic acids is 3. The van der Waals surface area contributed by atoms with Gasteiger partial charge >= 0.3 is 5.97 Å².